The highest BCUT2D eigenvalue weighted by atomic mass is 31.2. The van der Waals surface area contributed by atoms with Gasteiger partial charge in [-0.2, -0.15) is 0 Å². The Morgan fingerprint density at radius 3 is 1.31 bits per heavy atom. The number of hydrogen-bond acceptors (Lipinski definition) is 12. The molecule has 0 aromatic heterocycles. The number of ether oxygens (including phenoxy) is 2. The van der Waals surface area contributed by atoms with Crippen molar-refractivity contribution in [3.8, 4) is 0 Å². The molecule has 0 radical (unpaired) electrons. The van der Waals surface area contributed by atoms with Gasteiger partial charge in [-0.05, 0) is 51.4 Å². The van der Waals surface area contributed by atoms with E-state index >= 15 is 0 Å². The van der Waals surface area contributed by atoms with Gasteiger partial charge in [-0.15, -0.1) is 0 Å². The summed E-state index contributed by atoms with van der Waals surface area (Å²) in [5.74, 6) is -1.20. The Hall–Kier alpha value is -2.71. The number of rotatable bonds is 40. The largest absolute Gasteiger partial charge is 0.472 e. The second-order valence-electron chi connectivity index (χ2n) is 16.9. The van der Waals surface area contributed by atoms with Crippen molar-refractivity contribution in [1.29, 1.82) is 0 Å². The molecule has 13 nitrogen and oxygen atoms in total. The van der Waals surface area contributed by atoms with Crippen LogP contribution in [0.5, 0.6) is 0 Å². The van der Waals surface area contributed by atoms with Crippen LogP contribution in [0.1, 0.15) is 181 Å². The van der Waals surface area contributed by atoms with E-state index in [1.807, 2.05) is 18.2 Å². The number of esters is 2. The second-order valence-corrected chi connectivity index (χ2v) is 18.3. The van der Waals surface area contributed by atoms with Gasteiger partial charge in [0.1, 0.15) is 43.2 Å². The molecule has 6 unspecified atom stereocenters. The van der Waals surface area contributed by atoms with Crippen molar-refractivity contribution in [2.75, 3.05) is 13.2 Å². The van der Waals surface area contributed by atoms with E-state index in [1.54, 1.807) is 0 Å². The van der Waals surface area contributed by atoms with Crippen LogP contribution in [0.3, 0.4) is 0 Å². The van der Waals surface area contributed by atoms with Gasteiger partial charge in [0, 0.05) is 12.8 Å². The highest BCUT2D eigenvalue weighted by molar-refractivity contribution is 7.47. The summed E-state index contributed by atoms with van der Waals surface area (Å²) in [6.45, 7) is 3.14. The molecule has 0 spiro atoms. The zero-order valence-corrected chi connectivity index (χ0v) is 40.7. The fourth-order valence-electron chi connectivity index (χ4n) is 7.14. The zero-order chi connectivity index (χ0) is 47.8. The van der Waals surface area contributed by atoms with E-state index in [0.29, 0.717) is 19.3 Å². The van der Waals surface area contributed by atoms with Crippen molar-refractivity contribution >= 4 is 19.8 Å². The van der Waals surface area contributed by atoms with Gasteiger partial charge in [-0.1, -0.05) is 189 Å². The highest BCUT2D eigenvalue weighted by Crippen LogP contribution is 2.47. The minimum atomic E-state index is -5.14. The highest BCUT2D eigenvalue weighted by Gasteiger charge is 2.51. The quantitative estimate of drug-likeness (QED) is 0.0146. The van der Waals surface area contributed by atoms with Crippen molar-refractivity contribution in [2.24, 2.45) is 0 Å². The topological polar surface area (TPSA) is 210 Å². The molecular weight excluding hydrogens is 852 g/mol. The van der Waals surface area contributed by atoms with E-state index in [0.717, 1.165) is 51.4 Å². The number of aliphatic hydroxyl groups excluding tert-OH is 5. The summed E-state index contributed by atoms with van der Waals surface area (Å²) in [4.78, 5) is 35.7. The van der Waals surface area contributed by atoms with E-state index < -0.39 is 75.7 Å². The number of phosphoric ester groups is 1. The Morgan fingerprint density at radius 1 is 0.492 bits per heavy atom. The summed E-state index contributed by atoms with van der Waals surface area (Å²) in [5, 5.41) is 50.2. The molecule has 1 aliphatic carbocycles. The lowest BCUT2D eigenvalue weighted by molar-refractivity contribution is -0.220. The molecule has 0 amide bonds. The van der Waals surface area contributed by atoms with E-state index in [2.05, 4.69) is 68.5 Å². The Balaban J connectivity index is 2.48. The number of carbonyl (C=O) groups excluding carboxylic acids is 2. The van der Waals surface area contributed by atoms with Crippen LogP contribution in [0.2, 0.25) is 0 Å². The first-order chi connectivity index (χ1) is 31.4. The van der Waals surface area contributed by atoms with Gasteiger partial charge >= 0.3 is 19.8 Å². The first kappa shape index (κ1) is 60.3. The summed E-state index contributed by atoms with van der Waals surface area (Å²) in [5.41, 5.74) is 0. The number of aliphatic hydroxyl groups is 5. The molecule has 1 saturated carbocycles. The van der Waals surface area contributed by atoms with E-state index in [4.69, 9.17) is 18.5 Å². The van der Waals surface area contributed by atoms with Crippen LogP contribution in [0.25, 0.3) is 0 Å². The van der Waals surface area contributed by atoms with Gasteiger partial charge in [-0.3, -0.25) is 18.6 Å². The van der Waals surface area contributed by atoms with Crippen molar-refractivity contribution in [1.82, 2.24) is 0 Å². The van der Waals surface area contributed by atoms with Gasteiger partial charge in [0.25, 0.3) is 0 Å². The zero-order valence-electron chi connectivity index (χ0n) is 39.8. The van der Waals surface area contributed by atoms with E-state index in [1.165, 1.54) is 83.5 Å². The monoisotopic (exact) mass is 939 g/mol. The van der Waals surface area contributed by atoms with Crippen LogP contribution in [-0.4, -0.2) is 98.3 Å². The molecule has 0 aliphatic heterocycles. The predicted octanol–water partition coefficient (Wildman–Crippen LogP) is 10.3. The van der Waals surface area contributed by atoms with Crippen LogP contribution in [0.4, 0.5) is 0 Å². The molecule has 0 aromatic rings. The normalized spacial score (nSPS) is 22.0. The molecule has 374 valence electrons. The summed E-state index contributed by atoms with van der Waals surface area (Å²) in [6, 6.07) is 0. The third kappa shape index (κ3) is 32.6. The van der Waals surface area contributed by atoms with Crippen molar-refractivity contribution < 1.29 is 63.1 Å². The van der Waals surface area contributed by atoms with Gasteiger partial charge in [0.2, 0.25) is 0 Å². The van der Waals surface area contributed by atoms with Gasteiger partial charge in [-0.25, -0.2) is 4.57 Å². The molecule has 14 heteroatoms. The summed E-state index contributed by atoms with van der Waals surface area (Å²) < 4.78 is 33.5. The smallest absolute Gasteiger partial charge is 0.462 e. The minimum Gasteiger partial charge on any atom is -0.462 e. The number of allylic oxidation sites excluding steroid dienone is 12. The lowest BCUT2D eigenvalue weighted by Gasteiger charge is -2.41. The number of hydrogen-bond donors (Lipinski definition) is 6. The Labute approximate surface area is 391 Å². The fourth-order valence-corrected chi connectivity index (χ4v) is 8.11. The molecule has 0 heterocycles. The van der Waals surface area contributed by atoms with Crippen LogP contribution >= 0.6 is 7.82 Å². The molecule has 6 N–H and O–H groups in total. The standard InChI is InChI=1S/C51H87O13P/c1-3-5-7-9-11-13-15-17-19-21-22-24-26-28-30-32-34-36-38-40-45(53)63-43(42-62-65(59,60)64-51-49(57)47(55)46(54)48(56)50(51)58)41-61-44(52)39-37-35-33-31-29-27-25-23-20-18-16-14-12-10-8-6-4-2/h5,7,11,13,17,19,22,24,28,30,34,36,43,46-51,54-58H,3-4,6,8-10,12,14-16,18,20-21,23,25-27,29,31-33,35,37-42H2,1-2H3,(H,59,60)/b7-5-,13-11-,19-17-,24-22-,30-28-,36-34-. The lowest BCUT2D eigenvalue weighted by Crippen LogP contribution is -2.64. The summed E-state index contributed by atoms with van der Waals surface area (Å²) >= 11 is 0. The minimum absolute atomic E-state index is 0.0300. The summed E-state index contributed by atoms with van der Waals surface area (Å²) in [7, 11) is -5.14. The molecule has 0 bridgehead atoms. The third-order valence-electron chi connectivity index (χ3n) is 11.1. The molecule has 1 rings (SSSR count). The number of phosphoric acid groups is 1. The van der Waals surface area contributed by atoms with E-state index in [-0.39, 0.29) is 12.8 Å². The lowest BCUT2D eigenvalue weighted by atomic mass is 9.85. The molecular formula is C51H87O13P. The molecule has 0 aromatic carbocycles. The third-order valence-corrected chi connectivity index (χ3v) is 12.1. The Bertz CT molecular complexity index is 1410. The van der Waals surface area contributed by atoms with Crippen LogP contribution in [0, 0.1) is 0 Å². The van der Waals surface area contributed by atoms with Gasteiger partial charge in [0.05, 0.1) is 6.61 Å². The van der Waals surface area contributed by atoms with Crippen molar-refractivity contribution in [3.63, 3.8) is 0 Å². The Morgan fingerprint density at radius 2 is 0.877 bits per heavy atom. The number of unbranched alkanes of at least 4 members (excludes halogenated alkanes) is 16. The van der Waals surface area contributed by atoms with Gasteiger partial charge < -0.3 is 39.9 Å². The maximum absolute atomic E-state index is 12.8. The van der Waals surface area contributed by atoms with Crippen molar-refractivity contribution in [2.45, 2.75) is 224 Å². The molecule has 0 saturated heterocycles. The van der Waals surface area contributed by atoms with Crippen molar-refractivity contribution in [3.05, 3.63) is 72.9 Å². The maximum Gasteiger partial charge on any atom is 0.472 e. The molecule has 6 atom stereocenters. The second kappa shape index (κ2) is 40.4. The fraction of sp³-hybridized carbons (Fsp3) is 0.725. The van der Waals surface area contributed by atoms with Crippen LogP contribution in [0.15, 0.2) is 72.9 Å². The van der Waals surface area contributed by atoms with Crippen LogP contribution < -0.4 is 0 Å². The SMILES string of the molecule is CC/C=C\C/C=C\C/C=C\C/C=C\C/C=C\C/C=C\CCC(=O)OC(COC(=O)CCCCCCCCCCCCCCCCCCC)COP(=O)(O)OC1C(O)C(O)C(O)C(O)C1O. The summed E-state index contributed by atoms with van der Waals surface area (Å²) in [6.07, 6.45) is 38.2. The first-order valence-corrected chi connectivity index (χ1v) is 26.2. The average molecular weight is 939 g/mol. The maximum atomic E-state index is 12.8. The van der Waals surface area contributed by atoms with E-state index in [9.17, 15) is 44.6 Å². The van der Waals surface area contributed by atoms with Crippen LogP contribution in [-0.2, 0) is 32.7 Å². The van der Waals surface area contributed by atoms with Gasteiger partial charge in [0.15, 0.2) is 6.10 Å². The average Bonchev–Trinajstić information content (AvgIpc) is 3.29. The molecule has 1 fully saturated rings. The molecule has 65 heavy (non-hydrogen) atoms. The molecule has 1 aliphatic rings. The first-order valence-electron chi connectivity index (χ1n) is 24.7. The Kier molecular flexibility index (Phi) is 37.5. The predicted molar refractivity (Wildman–Crippen MR) is 258 cm³/mol. The number of carbonyl (C=O) groups is 2.